The molecular formula is C22H24ClN3OS. The monoisotopic (exact) mass is 413 g/mol. The van der Waals surface area contributed by atoms with Gasteiger partial charge >= 0.3 is 0 Å². The fraction of sp³-hybridized carbons (Fsp3) is 0.318. The highest BCUT2D eigenvalue weighted by Gasteiger charge is 2.15. The summed E-state index contributed by atoms with van der Waals surface area (Å²) >= 11 is 7.41. The number of carbonyl (C=O) groups excluding carboxylic acids is 1. The lowest BCUT2D eigenvalue weighted by atomic mass is 10.0. The molecule has 1 heterocycles. The highest BCUT2D eigenvalue weighted by Crippen LogP contribution is 2.25. The highest BCUT2D eigenvalue weighted by atomic mass is 35.5. The molecule has 28 heavy (non-hydrogen) atoms. The molecule has 0 radical (unpaired) electrons. The molecule has 3 rings (SSSR count). The Hall–Kier alpha value is -2.11. The van der Waals surface area contributed by atoms with Gasteiger partial charge in [-0.05, 0) is 48.2 Å². The van der Waals surface area contributed by atoms with Crippen LogP contribution in [0.3, 0.4) is 0 Å². The van der Waals surface area contributed by atoms with Crippen LogP contribution in [-0.4, -0.2) is 26.3 Å². The molecule has 0 saturated heterocycles. The number of aromatic nitrogens is 3. The molecule has 0 fully saturated rings. The number of benzene rings is 2. The van der Waals surface area contributed by atoms with Crippen LogP contribution in [0.1, 0.15) is 37.8 Å². The first kappa shape index (κ1) is 20.6. The number of ketones is 1. The van der Waals surface area contributed by atoms with Gasteiger partial charge in [0, 0.05) is 23.6 Å². The number of Topliss-reactive ketones (excluding diaryl/α,β-unsaturated/α-hetero) is 1. The van der Waals surface area contributed by atoms with Crippen molar-refractivity contribution in [1.29, 1.82) is 0 Å². The number of carbonyl (C=O) groups is 1. The fourth-order valence-corrected chi connectivity index (χ4v) is 3.93. The first-order valence-electron chi connectivity index (χ1n) is 9.40. The molecule has 2 aromatic carbocycles. The van der Waals surface area contributed by atoms with Gasteiger partial charge in [0.25, 0.3) is 0 Å². The zero-order valence-corrected chi connectivity index (χ0v) is 17.9. The van der Waals surface area contributed by atoms with Gasteiger partial charge in [-0.25, -0.2) is 0 Å². The van der Waals surface area contributed by atoms with E-state index in [2.05, 4.69) is 36.2 Å². The Kier molecular flexibility index (Phi) is 6.92. The van der Waals surface area contributed by atoms with Gasteiger partial charge in [0.2, 0.25) is 0 Å². The van der Waals surface area contributed by atoms with Gasteiger partial charge in [-0.1, -0.05) is 61.5 Å². The zero-order chi connectivity index (χ0) is 20.1. The van der Waals surface area contributed by atoms with Crippen LogP contribution in [0.2, 0.25) is 5.02 Å². The number of nitrogens with zero attached hydrogens (tertiary/aromatic N) is 3. The summed E-state index contributed by atoms with van der Waals surface area (Å²) in [4.78, 5) is 12.4. The molecule has 0 aliphatic carbocycles. The van der Waals surface area contributed by atoms with Crippen molar-refractivity contribution in [2.24, 2.45) is 0 Å². The van der Waals surface area contributed by atoms with Crippen LogP contribution in [0.25, 0.3) is 11.4 Å². The normalized spacial score (nSPS) is 11.2. The molecule has 4 nitrogen and oxygen atoms in total. The summed E-state index contributed by atoms with van der Waals surface area (Å²) in [6.45, 7) is 7.11. The van der Waals surface area contributed by atoms with Gasteiger partial charge in [0.1, 0.15) is 5.78 Å². The van der Waals surface area contributed by atoms with E-state index >= 15 is 0 Å². The molecule has 0 aliphatic heterocycles. The van der Waals surface area contributed by atoms with Crippen LogP contribution < -0.4 is 0 Å². The molecule has 146 valence electrons. The van der Waals surface area contributed by atoms with E-state index < -0.39 is 0 Å². The molecule has 1 aromatic heterocycles. The summed E-state index contributed by atoms with van der Waals surface area (Å²) in [5, 5.41) is 10.0. The number of halogens is 1. The van der Waals surface area contributed by atoms with Crippen LogP contribution in [0.4, 0.5) is 0 Å². The third kappa shape index (κ3) is 5.03. The highest BCUT2D eigenvalue weighted by molar-refractivity contribution is 7.99. The summed E-state index contributed by atoms with van der Waals surface area (Å²) < 4.78 is 2.03. The number of hydrogen-bond acceptors (Lipinski definition) is 4. The third-order valence-corrected chi connectivity index (χ3v) is 5.82. The molecule has 0 atom stereocenters. The molecule has 0 spiro atoms. The van der Waals surface area contributed by atoms with Crippen molar-refractivity contribution < 1.29 is 4.79 Å². The van der Waals surface area contributed by atoms with Gasteiger partial charge < -0.3 is 4.57 Å². The first-order valence-corrected chi connectivity index (χ1v) is 10.8. The van der Waals surface area contributed by atoms with E-state index in [1.165, 1.54) is 17.3 Å². The maximum absolute atomic E-state index is 12.4. The summed E-state index contributed by atoms with van der Waals surface area (Å²) in [7, 11) is 0. The van der Waals surface area contributed by atoms with E-state index in [1.807, 2.05) is 47.9 Å². The first-order chi connectivity index (χ1) is 13.5. The Labute approximate surface area is 175 Å². The van der Waals surface area contributed by atoms with E-state index in [9.17, 15) is 4.79 Å². The third-order valence-electron chi connectivity index (χ3n) is 4.55. The summed E-state index contributed by atoms with van der Waals surface area (Å²) in [6.07, 6.45) is 0.440. The standard InChI is InChI=1S/C22H24ClN3OS/c1-4-26-21(18-9-11-19(23)12-10-18)24-25-22(26)28-14-20(27)13-16-5-7-17(8-6-16)15(2)3/h5-12,15H,4,13-14H2,1-3H3. The predicted molar refractivity (Wildman–Crippen MR) is 116 cm³/mol. The van der Waals surface area contributed by atoms with E-state index in [0.717, 1.165) is 28.7 Å². The lowest BCUT2D eigenvalue weighted by Crippen LogP contribution is -2.07. The Bertz CT molecular complexity index is 933. The van der Waals surface area contributed by atoms with E-state index in [0.29, 0.717) is 23.1 Å². The number of hydrogen-bond donors (Lipinski definition) is 0. The van der Waals surface area contributed by atoms with Crippen LogP contribution in [0.15, 0.2) is 53.7 Å². The molecule has 0 amide bonds. The second kappa shape index (κ2) is 9.39. The summed E-state index contributed by atoms with van der Waals surface area (Å²) in [6, 6.07) is 15.8. The minimum Gasteiger partial charge on any atom is -0.302 e. The fourth-order valence-electron chi connectivity index (χ4n) is 2.94. The van der Waals surface area contributed by atoms with Crippen molar-refractivity contribution >= 4 is 29.1 Å². The van der Waals surface area contributed by atoms with Crippen LogP contribution in [0, 0.1) is 0 Å². The van der Waals surface area contributed by atoms with Crippen LogP contribution >= 0.6 is 23.4 Å². The SMILES string of the molecule is CCn1c(SCC(=O)Cc2ccc(C(C)C)cc2)nnc1-c1ccc(Cl)cc1. The molecule has 0 unspecified atom stereocenters. The van der Waals surface area contributed by atoms with Crippen LogP contribution in [0.5, 0.6) is 0 Å². The topological polar surface area (TPSA) is 47.8 Å². The lowest BCUT2D eigenvalue weighted by Gasteiger charge is -2.08. The van der Waals surface area contributed by atoms with Crippen molar-refractivity contribution in [2.45, 2.75) is 44.8 Å². The van der Waals surface area contributed by atoms with Gasteiger partial charge in [0.05, 0.1) is 5.75 Å². The molecule has 0 aliphatic rings. The Morgan fingerprint density at radius 2 is 1.75 bits per heavy atom. The van der Waals surface area contributed by atoms with E-state index in [1.54, 1.807) is 0 Å². The molecule has 0 saturated carbocycles. The number of rotatable bonds is 8. The Morgan fingerprint density at radius 1 is 1.07 bits per heavy atom. The molecular weight excluding hydrogens is 390 g/mol. The van der Waals surface area contributed by atoms with Gasteiger partial charge in [-0.15, -0.1) is 10.2 Å². The Morgan fingerprint density at radius 3 is 2.36 bits per heavy atom. The average molecular weight is 414 g/mol. The summed E-state index contributed by atoms with van der Waals surface area (Å²) in [5.74, 6) is 1.85. The Balaban J connectivity index is 1.64. The molecule has 0 bridgehead atoms. The molecule has 3 aromatic rings. The van der Waals surface area contributed by atoms with Gasteiger partial charge in [-0.3, -0.25) is 4.79 Å². The average Bonchev–Trinajstić information content (AvgIpc) is 3.10. The van der Waals surface area contributed by atoms with E-state index in [-0.39, 0.29) is 5.78 Å². The lowest BCUT2D eigenvalue weighted by molar-refractivity contribution is -0.116. The van der Waals surface area contributed by atoms with Crippen molar-refractivity contribution in [3.8, 4) is 11.4 Å². The van der Waals surface area contributed by atoms with Gasteiger partial charge in [0.15, 0.2) is 11.0 Å². The second-order valence-corrected chi connectivity index (χ2v) is 8.34. The molecule has 6 heteroatoms. The maximum atomic E-state index is 12.4. The van der Waals surface area contributed by atoms with Crippen molar-refractivity contribution in [3.05, 3.63) is 64.7 Å². The minimum atomic E-state index is 0.181. The summed E-state index contributed by atoms with van der Waals surface area (Å²) in [5.41, 5.74) is 3.30. The smallest absolute Gasteiger partial charge is 0.191 e. The number of thioether (sulfide) groups is 1. The minimum absolute atomic E-state index is 0.181. The quantitative estimate of drug-likeness (QED) is 0.448. The van der Waals surface area contributed by atoms with Crippen molar-refractivity contribution in [1.82, 2.24) is 14.8 Å². The largest absolute Gasteiger partial charge is 0.302 e. The van der Waals surface area contributed by atoms with Crippen LogP contribution in [-0.2, 0) is 17.8 Å². The van der Waals surface area contributed by atoms with Gasteiger partial charge in [-0.2, -0.15) is 0 Å². The second-order valence-electron chi connectivity index (χ2n) is 6.96. The maximum Gasteiger partial charge on any atom is 0.191 e. The van der Waals surface area contributed by atoms with Crippen molar-refractivity contribution in [3.63, 3.8) is 0 Å². The zero-order valence-electron chi connectivity index (χ0n) is 16.4. The predicted octanol–water partition coefficient (Wildman–Crippen LogP) is 5.65. The van der Waals surface area contributed by atoms with E-state index in [4.69, 9.17) is 11.6 Å². The molecule has 0 N–H and O–H groups in total. The van der Waals surface area contributed by atoms with Crippen molar-refractivity contribution in [2.75, 3.05) is 5.75 Å².